The molecule has 0 spiro atoms. The van der Waals surface area contributed by atoms with E-state index in [-0.39, 0.29) is 4.90 Å². The first-order valence-electron chi connectivity index (χ1n) is 5.55. The fraction of sp³-hybridized carbons (Fsp3) is 0.500. The molecule has 0 aromatic heterocycles. The Hall–Kier alpha value is -1.21. The Morgan fingerprint density at radius 2 is 1.79 bits per heavy atom. The third-order valence-electron chi connectivity index (χ3n) is 2.84. The summed E-state index contributed by atoms with van der Waals surface area (Å²) in [4.78, 5) is -0.121. The SMILES string of the molecule is COc1cccc(S(=O)(=O)NC(C)(C)C(C)(F)F)c1. The Balaban J connectivity index is 3.12. The molecular weight excluding hydrogens is 276 g/mol. The van der Waals surface area contributed by atoms with E-state index in [1.165, 1.54) is 25.3 Å². The lowest BCUT2D eigenvalue weighted by atomic mass is 10.00. The van der Waals surface area contributed by atoms with Crippen molar-refractivity contribution >= 4 is 10.0 Å². The number of ether oxygens (including phenoxy) is 1. The van der Waals surface area contributed by atoms with Crippen molar-refractivity contribution in [2.75, 3.05) is 7.11 Å². The van der Waals surface area contributed by atoms with Crippen molar-refractivity contribution in [3.8, 4) is 5.75 Å². The highest BCUT2D eigenvalue weighted by Gasteiger charge is 2.44. The summed E-state index contributed by atoms with van der Waals surface area (Å²) in [7, 11) is -2.65. The molecule has 4 nitrogen and oxygen atoms in total. The molecule has 0 aliphatic carbocycles. The minimum absolute atomic E-state index is 0.121. The summed E-state index contributed by atoms with van der Waals surface area (Å²) in [6, 6.07) is 5.63. The van der Waals surface area contributed by atoms with Crippen LogP contribution in [0.5, 0.6) is 5.75 Å². The standard InChI is InChI=1S/C12H17F2NO3S/c1-11(2,12(3,13)14)15-19(16,17)10-7-5-6-9(8-10)18-4/h5-8,15H,1-4H3. The molecule has 0 saturated carbocycles. The van der Waals surface area contributed by atoms with Crippen LogP contribution in [0.2, 0.25) is 0 Å². The molecule has 7 heteroatoms. The molecule has 1 aromatic carbocycles. The number of benzene rings is 1. The molecule has 0 atom stereocenters. The maximum absolute atomic E-state index is 13.3. The van der Waals surface area contributed by atoms with Crippen molar-refractivity contribution in [2.45, 2.75) is 37.1 Å². The molecule has 1 rings (SSSR count). The number of methoxy groups -OCH3 is 1. The van der Waals surface area contributed by atoms with Crippen LogP contribution < -0.4 is 9.46 Å². The molecule has 0 aliphatic heterocycles. The van der Waals surface area contributed by atoms with E-state index in [1.807, 2.05) is 4.72 Å². The number of sulfonamides is 1. The molecule has 0 heterocycles. The Morgan fingerprint density at radius 3 is 2.26 bits per heavy atom. The molecule has 0 bridgehead atoms. The highest BCUT2D eigenvalue weighted by Crippen LogP contribution is 2.29. The molecule has 1 N–H and O–H groups in total. The van der Waals surface area contributed by atoms with Crippen molar-refractivity contribution in [3.63, 3.8) is 0 Å². The van der Waals surface area contributed by atoms with Crippen LogP contribution in [0, 0.1) is 0 Å². The van der Waals surface area contributed by atoms with Crippen molar-refractivity contribution in [2.24, 2.45) is 0 Å². The van der Waals surface area contributed by atoms with E-state index in [0.717, 1.165) is 13.8 Å². The zero-order valence-electron chi connectivity index (χ0n) is 11.2. The molecule has 108 valence electrons. The van der Waals surface area contributed by atoms with Gasteiger partial charge in [-0.2, -0.15) is 4.72 Å². The summed E-state index contributed by atoms with van der Waals surface area (Å²) >= 11 is 0. The second-order valence-electron chi connectivity index (χ2n) is 4.80. The first kappa shape index (κ1) is 15.8. The van der Waals surface area contributed by atoms with Gasteiger partial charge in [-0.1, -0.05) is 6.07 Å². The van der Waals surface area contributed by atoms with Gasteiger partial charge in [-0.05, 0) is 26.0 Å². The molecule has 0 fully saturated rings. The van der Waals surface area contributed by atoms with E-state index in [0.29, 0.717) is 12.7 Å². The lowest BCUT2D eigenvalue weighted by Gasteiger charge is -2.31. The van der Waals surface area contributed by atoms with Crippen LogP contribution in [-0.4, -0.2) is 27.0 Å². The van der Waals surface area contributed by atoms with Crippen LogP contribution in [0.3, 0.4) is 0 Å². The van der Waals surface area contributed by atoms with E-state index < -0.39 is 21.5 Å². The van der Waals surface area contributed by atoms with Gasteiger partial charge < -0.3 is 4.74 Å². The van der Waals surface area contributed by atoms with Crippen LogP contribution in [0.25, 0.3) is 0 Å². The number of hydrogen-bond donors (Lipinski definition) is 1. The Kier molecular flexibility index (Phi) is 4.21. The number of rotatable bonds is 5. The fourth-order valence-corrected chi connectivity index (χ4v) is 2.75. The van der Waals surface area contributed by atoms with Crippen LogP contribution in [0.4, 0.5) is 8.78 Å². The summed E-state index contributed by atoms with van der Waals surface area (Å²) in [5.74, 6) is -2.86. The first-order chi connectivity index (χ1) is 8.49. The Labute approximate surface area is 111 Å². The monoisotopic (exact) mass is 293 g/mol. The molecule has 0 radical (unpaired) electrons. The average Bonchev–Trinajstić information content (AvgIpc) is 2.26. The number of hydrogen-bond acceptors (Lipinski definition) is 3. The van der Waals surface area contributed by atoms with Gasteiger partial charge >= 0.3 is 0 Å². The van der Waals surface area contributed by atoms with Crippen molar-refractivity contribution < 1.29 is 21.9 Å². The molecule has 1 aromatic rings. The Morgan fingerprint density at radius 1 is 1.21 bits per heavy atom. The van der Waals surface area contributed by atoms with E-state index in [4.69, 9.17) is 4.74 Å². The smallest absolute Gasteiger partial charge is 0.263 e. The molecule has 0 aliphatic rings. The zero-order chi connectivity index (χ0) is 14.9. The summed E-state index contributed by atoms with van der Waals surface area (Å²) in [5.41, 5.74) is -1.89. The molecular formula is C12H17F2NO3S. The maximum Gasteiger partial charge on any atom is 0.263 e. The maximum atomic E-state index is 13.3. The topological polar surface area (TPSA) is 55.4 Å². The van der Waals surface area contributed by atoms with Crippen LogP contribution >= 0.6 is 0 Å². The minimum atomic E-state index is -4.04. The van der Waals surface area contributed by atoms with Gasteiger partial charge in [-0.25, -0.2) is 17.2 Å². The van der Waals surface area contributed by atoms with Crippen LogP contribution in [0.1, 0.15) is 20.8 Å². The zero-order valence-corrected chi connectivity index (χ0v) is 12.0. The first-order valence-corrected chi connectivity index (χ1v) is 7.04. The summed E-state index contributed by atoms with van der Waals surface area (Å²) in [5, 5.41) is 0. The number of nitrogens with one attached hydrogen (secondary N) is 1. The summed E-state index contributed by atoms with van der Waals surface area (Å²) in [6.07, 6.45) is 0. The van der Waals surface area contributed by atoms with Crippen LogP contribution in [-0.2, 0) is 10.0 Å². The van der Waals surface area contributed by atoms with E-state index in [1.54, 1.807) is 6.07 Å². The van der Waals surface area contributed by atoms with Gasteiger partial charge in [0.15, 0.2) is 0 Å². The van der Waals surface area contributed by atoms with Crippen molar-refractivity contribution in [3.05, 3.63) is 24.3 Å². The number of halogens is 2. The third-order valence-corrected chi connectivity index (χ3v) is 4.49. The minimum Gasteiger partial charge on any atom is -0.497 e. The highest BCUT2D eigenvalue weighted by molar-refractivity contribution is 7.89. The van der Waals surface area contributed by atoms with Crippen molar-refractivity contribution in [1.82, 2.24) is 4.72 Å². The van der Waals surface area contributed by atoms with E-state index >= 15 is 0 Å². The van der Waals surface area contributed by atoms with Gasteiger partial charge in [0, 0.05) is 13.0 Å². The van der Waals surface area contributed by atoms with E-state index in [2.05, 4.69) is 0 Å². The van der Waals surface area contributed by atoms with Gasteiger partial charge in [0.25, 0.3) is 5.92 Å². The van der Waals surface area contributed by atoms with Gasteiger partial charge in [0.05, 0.1) is 17.5 Å². The predicted molar refractivity (Wildman–Crippen MR) is 68.0 cm³/mol. The average molecular weight is 293 g/mol. The Bertz CT molecular complexity index is 550. The fourth-order valence-electron chi connectivity index (χ4n) is 1.25. The van der Waals surface area contributed by atoms with Gasteiger partial charge in [0.2, 0.25) is 10.0 Å². The largest absolute Gasteiger partial charge is 0.497 e. The lowest BCUT2D eigenvalue weighted by Crippen LogP contribution is -2.54. The van der Waals surface area contributed by atoms with Crippen LogP contribution in [0.15, 0.2) is 29.2 Å². The predicted octanol–water partition coefficient (Wildman–Crippen LogP) is 2.41. The van der Waals surface area contributed by atoms with Gasteiger partial charge in [-0.3, -0.25) is 0 Å². The second kappa shape index (κ2) is 5.05. The molecule has 0 amide bonds. The lowest BCUT2D eigenvalue weighted by molar-refractivity contribution is -0.0488. The third kappa shape index (κ3) is 3.63. The molecule has 0 saturated heterocycles. The number of alkyl halides is 2. The quantitative estimate of drug-likeness (QED) is 0.907. The normalized spacial score (nSPS) is 13.4. The van der Waals surface area contributed by atoms with E-state index in [9.17, 15) is 17.2 Å². The highest BCUT2D eigenvalue weighted by atomic mass is 32.2. The molecule has 0 unspecified atom stereocenters. The van der Waals surface area contributed by atoms with Gasteiger partial charge in [-0.15, -0.1) is 0 Å². The summed E-state index contributed by atoms with van der Waals surface area (Å²) < 4.78 is 57.7. The second-order valence-corrected chi connectivity index (χ2v) is 6.48. The molecule has 19 heavy (non-hydrogen) atoms. The van der Waals surface area contributed by atoms with Crippen molar-refractivity contribution in [1.29, 1.82) is 0 Å². The van der Waals surface area contributed by atoms with Gasteiger partial charge in [0.1, 0.15) is 5.75 Å². The summed E-state index contributed by atoms with van der Waals surface area (Å²) in [6.45, 7) is 2.93.